The Labute approximate surface area is 123 Å². The van der Waals surface area contributed by atoms with Crippen molar-refractivity contribution in [3.63, 3.8) is 0 Å². The van der Waals surface area contributed by atoms with Gasteiger partial charge in [0.25, 0.3) is 0 Å². The Morgan fingerprint density at radius 1 is 1.53 bits per heavy atom. The average Bonchev–Trinajstić information content (AvgIpc) is 2.88. The van der Waals surface area contributed by atoms with Crippen molar-refractivity contribution < 1.29 is 0 Å². The van der Waals surface area contributed by atoms with Crippen LogP contribution in [0, 0.1) is 5.92 Å². The molecule has 2 fully saturated rings. The van der Waals surface area contributed by atoms with Crippen LogP contribution in [0.5, 0.6) is 0 Å². The highest BCUT2D eigenvalue weighted by molar-refractivity contribution is 7.99. The molecular formula is C15H20N2S2. The molecule has 1 spiro atoms. The van der Waals surface area contributed by atoms with Gasteiger partial charge in [0.2, 0.25) is 0 Å². The van der Waals surface area contributed by atoms with Gasteiger partial charge in [-0.25, -0.2) is 0 Å². The van der Waals surface area contributed by atoms with E-state index in [4.69, 9.17) is 5.73 Å². The van der Waals surface area contributed by atoms with Gasteiger partial charge in [0.05, 0.1) is 0 Å². The van der Waals surface area contributed by atoms with Gasteiger partial charge in [-0.2, -0.15) is 0 Å². The zero-order valence-corrected chi connectivity index (χ0v) is 13.3. The van der Waals surface area contributed by atoms with Crippen molar-refractivity contribution in [3.8, 4) is 0 Å². The molecule has 0 radical (unpaired) electrons. The zero-order chi connectivity index (χ0) is 13.8. The van der Waals surface area contributed by atoms with Gasteiger partial charge in [0, 0.05) is 33.0 Å². The van der Waals surface area contributed by atoms with Crippen molar-refractivity contribution >= 4 is 33.7 Å². The van der Waals surface area contributed by atoms with Gasteiger partial charge in [-0.15, -0.1) is 23.1 Å². The molecule has 102 valence electrons. The quantitative estimate of drug-likeness (QED) is 0.772. The third-order valence-corrected chi connectivity index (χ3v) is 6.42. The van der Waals surface area contributed by atoms with Crippen molar-refractivity contribution in [2.75, 3.05) is 18.5 Å². The third-order valence-electron chi connectivity index (χ3n) is 4.26. The SMILES string of the molecule is C=C1C=C2NCC3CC23c2sc(N)c(SC)c21.CC. The van der Waals surface area contributed by atoms with E-state index in [0.29, 0.717) is 5.41 Å². The Kier molecular flexibility index (Phi) is 2.98. The third kappa shape index (κ3) is 1.50. The Balaban J connectivity index is 0.000000528. The van der Waals surface area contributed by atoms with Crippen LogP contribution in [0.25, 0.3) is 5.57 Å². The van der Waals surface area contributed by atoms with Crippen molar-refractivity contribution in [1.82, 2.24) is 5.32 Å². The van der Waals surface area contributed by atoms with E-state index in [-0.39, 0.29) is 0 Å². The summed E-state index contributed by atoms with van der Waals surface area (Å²) >= 11 is 3.52. The van der Waals surface area contributed by atoms with Crippen LogP contribution in [0.3, 0.4) is 0 Å². The summed E-state index contributed by atoms with van der Waals surface area (Å²) in [5.41, 5.74) is 10.3. The molecule has 3 N–H and O–H groups in total. The summed E-state index contributed by atoms with van der Waals surface area (Å²) in [6, 6.07) is 0. The number of nitrogens with one attached hydrogen (secondary N) is 1. The van der Waals surface area contributed by atoms with Gasteiger partial charge >= 0.3 is 0 Å². The van der Waals surface area contributed by atoms with Crippen LogP contribution in [-0.4, -0.2) is 12.8 Å². The summed E-state index contributed by atoms with van der Waals surface area (Å²) in [7, 11) is 0. The van der Waals surface area contributed by atoms with Crippen LogP contribution >= 0.6 is 23.1 Å². The highest BCUT2D eigenvalue weighted by Crippen LogP contribution is 2.67. The Bertz CT molecular complexity index is 585. The van der Waals surface area contributed by atoms with E-state index in [1.807, 2.05) is 13.8 Å². The van der Waals surface area contributed by atoms with Crippen molar-refractivity contribution in [2.24, 2.45) is 5.92 Å². The van der Waals surface area contributed by atoms with Gasteiger partial charge in [-0.05, 0) is 30.2 Å². The maximum absolute atomic E-state index is 6.17. The molecule has 0 aromatic carbocycles. The van der Waals surface area contributed by atoms with Crippen LogP contribution in [0.1, 0.15) is 30.7 Å². The van der Waals surface area contributed by atoms with Crippen LogP contribution in [0.15, 0.2) is 23.2 Å². The van der Waals surface area contributed by atoms with Crippen molar-refractivity contribution in [2.45, 2.75) is 30.6 Å². The molecular weight excluding hydrogens is 272 g/mol. The molecule has 1 aliphatic heterocycles. The smallest absolute Gasteiger partial charge is 0.100 e. The first-order valence-electron chi connectivity index (χ1n) is 6.80. The molecule has 1 saturated heterocycles. The summed E-state index contributed by atoms with van der Waals surface area (Å²) in [4.78, 5) is 2.70. The summed E-state index contributed by atoms with van der Waals surface area (Å²) in [6.45, 7) is 9.32. The highest BCUT2D eigenvalue weighted by Gasteiger charge is 2.64. The second kappa shape index (κ2) is 4.32. The molecule has 2 unspecified atom stereocenters. The number of allylic oxidation sites excluding steroid dienone is 3. The monoisotopic (exact) mass is 292 g/mol. The van der Waals surface area contributed by atoms with E-state index in [2.05, 4.69) is 24.2 Å². The van der Waals surface area contributed by atoms with Gasteiger partial charge in [0.1, 0.15) is 5.00 Å². The molecule has 0 bridgehead atoms. The number of anilines is 1. The van der Waals surface area contributed by atoms with E-state index < -0.39 is 0 Å². The molecule has 1 saturated carbocycles. The van der Waals surface area contributed by atoms with E-state index in [1.54, 1.807) is 23.1 Å². The van der Waals surface area contributed by atoms with Crippen LogP contribution in [0.2, 0.25) is 0 Å². The highest BCUT2D eigenvalue weighted by atomic mass is 32.2. The van der Waals surface area contributed by atoms with Crippen molar-refractivity contribution in [1.29, 1.82) is 0 Å². The largest absolute Gasteiger partial charge is 0.390 e. The number of hydrogen-bond donors (Lipinski definition) is 2. The average molecular weight is 292 g/mol. The summed E-state index contributed by atoms with van der Waals surface area (Å²) in [5, 5.41) is 4.49. The standard InChI is InChI=1S/C13H14N2S2.C2H6/c1-6-3-8-13(4-7(13)5-15-8)11-9(6)10(16-2)12(14)17-11;1-2/h3,7,15H,1,4-5,14H2,2H3;1-2H3. The fourth-order valence-corrected chi connectivity index (χ4v) is 5.74. The first-order chi connectivity index (χ1) is 9.18. The van der Waals surface area contributed by atoms with Crippen LogP contribution < -0.4 is 11.1 Å². The Morgan fingerprint density at radius 3 is 2.89 bits per heavy atom. The molecule has 0 amide bonds. The summed E-state index contributed by atoms with van der Waals surface area (Å²) in [6.07, 6.45) is 5.63. The fourth-order valence-electron chi connectivity index (χ4n) is 3.37. The molecule has 3 aliphatic rings. The number of hydrogen-bond acceptors (Lipinski definition) is 4. The zero-order valence-electron chi connectivity index (χ0n) is 11.7. The number of thiophene rings is 1. The molecule has 1 aromatic heterocycles. The number of fused-ring (bicyclic) bond motifs is 1. The molecule has 19 heavy (non-hydrogen) atoms. The van der Waals surface area contributed by atoms with E-state index in [9.17, 15) is 0 Å². The molecule has 4 heteroatoms. The molecule has 1 aromatic rings. The minimum absolute atomic E-state index is 0.295. The fraction of sp³-hybridized carbons (Fsp3) is 0.467. The molecule has 2 aliphatic carbocycles. The molecule has 4 rings (SSSR count). The lowest BCUT2D eigenvalue weighted by Gasteiger charge is -2.23. The minimum Gasteiger partial charge on any atom is -0.390 e. The second-order valence-corrected chi connectivity index (χ2v) is 6.91. The number of nitrogen functional groups attached to an aromatic ring is 1. The lowest BCUT2D eigenvalue weighted by Crippen LogP contribution is -2.20. The maximum atomic E-state index is 6.17. The van der Waals surface area contributed by atoms with Crippen LogP contribution in [0.4, 0.5) is 5.00 Å². The second-order valence-electron chi connectivity index (χ2n) is 5.04. The number of thioether (sulfide) groups is 1. The van der Waals surface area contributed by atoms with Gasteiger partial charge in [-0.1, -0.05) is 20.4 Å². The topological polar surface area (TPSA) is 38.0 Å². The predicted molar refractivity (Wildman–Crippen MR) is 86.8 cm³/mol. The van der Waals surface area contributed by atoms with Gasteiger partial charge < -0.3 is 11.1 Å². The van der Waals surface area contributed by atoms with Gasteiger partial charge in [0.15, 0.2) is 0 Å². The van der Waals surface area contributed by atoms with Crippen LogP contribution in [-0.2, 0) is 5.41 Å². The van der Waals surface area contributed by atoms with Crippen molar-refractivity contribution in [3.05, 3.63) is 28.8 Å². The minimum atomic E-state index is 0.295. The number of piperidine rings is 1. The molecule has 2 atom stereocenters. The number of rotatable bonds is 1. The predicted octanol–water partition coefficient (Wildman–Crippen LogP) is 3.85. The van der Waals surface area contributed by atoms with E-state index >= 15 is 0 Å². The summed E-state index contributed by atoms with van der Waals surface area (Å²) in [5.74, 6) is 0.786. The maximum Gasteiger partial charge on any atom is 0.100 e. The van der Waals surface area contributed by atoms with E-state index in [1.165, 1.54) is 27.5 Å². The lowest BCUT2D eigenvalue weighted by atomic mass is 9.87. The molecule has 2 heterocycles. The lowest BCUT2D eigenvalue weighted by molar-refractivity contribution is 0.789. The Morgan fingerprint density at radius 2 is 2.26 bits per heavy atom. The van der Waals surface area contributed by atoms with E-state index in [0.717, 1.165) is 23.0 Å². The Hall–Kier alpha value is -0.870. The first-order valence-corrected chi connectivity index (χ1v) is 8.84. The normalized spacial score (nSPS) is 29.3. The number of nitrogens with two attached hydrogens (primary N) is 1. The first kappa shape index (κ1) is 13.1. The van der Waals surface area contributed by atoms with Gasteiger partial charge in [-0.3, -0.25) is 0 Å². The molecule has 2 nitrogen and oxygen atoms in total. The summed E-state index contributed by atoms with van der Waals surface area (Å²) < 4.78 is 0.